The highest BCUT2D eigenvalue weighted by atomic mass is 16.3. The Morgan fingerprint density at radius 1 is 0.917 bits per heavy atom. The predicted octanol–water partition coefficient (Wildman–Crippen LogP) is 4.32. The van der Waals surface area contributed by atoms with Gasteiger partial charge in [-0.1, -0.05) is 48.5 Å². The van der Waals surface area contributed by atoms with Crippen LogP contribution >= 0.6 is 0 Å². The van der Waals surface area contributed by atoms with Gasteiger partial charge in [0.05, 0.1) is 5.60 Å². The molecule has 2 nitrogen and oxygen atoms in total. The Morgan fingerprint density at radius 3 is 2.08 bits per heavy atom. The van der Waals surface area contributed by atoms with Crippen LogP contribution in [0.5, 0.6) is 0 Å². The van der Waals surface area contributed by atoms with Gasteiger partial charge in [0, 0.05) is 18.6 Å². The number of aliphatic hydroxyl groups is 1. The summed E-state index contributed by atoms with van der Waals surface area (Å²) in [6.45, 7) is 5.46. The summed E-state index contributed by atoms with van der Waals surface area (Å²) >= 11 is 0. The molecule has 4 rings (SSSR count). The third-order valence-corrected chi connectivity index (χ3v) is 6.21. The monoisotopic (exact) mass is 321 g/mol. The van der Waals surface area contributed by atoms with Crippen LogP contribution in [0.3, 0.4) is 0 Å². The van der Waals surface area contributed by atoms with Crippen molar-refractivity contribution in [3.63, 3.8) is 0 Å². The van der Waals surface area contributed by atoms with Crippen LogP contribution in [0.2, 0.25) is 0 Å². The van der Waals surface area contributed by atoms with Gasteiger partial charge >= 0.3 is 0 Å². The number of fused-ring (bicyclic) bond motifs is 2. The van der Waals surface area contributed by atoms with E-state index in [-0.39, 0.29) is 0 Å². The molecule has 2 saturated heterocycles. The molecular weight excluding hydrogens is 294 g/mol. The normalized spacial score (nSPS) is 29.8. The van der Waals surface area contributed by atoms with E-state index in [2.05, 4.69) is 49.1 Å². The molecule has 2 aliphatic rings. The van der Waals surface area contributed by atoms with Crippen LogP contribution in [0.1, 0.15) is 47.9 Å². The lowest BCUT2D eigenvalue weighted by Gasteiger charge is -2.44. The maximum Gasteiger partial charge on any atom is 0.0926 e. The van der Waals surface area contributed by atoms with Crippen molar-refractivity contribution in [1.29, 1.82) is 0 Å². The van der Waals surface area contributed by atoms with Gasteiger partial charge in [0.2, 0.25) is 0 Å². The van der Waals surface area contributed by atoms with E-state index < -0.39 is 5.60 Å². The number of benzene rings is 2. The summed E-state index contributed by atoms with van der Waals surface area (Å²) in [6, 6.07) is 17.8. The Hall–Kier alpha value is -1.64. The fourth-order valence-corrected chi connectivity index (χ4v) is 4.84. The van der Waals surface area contributed by atoms with E-state index >= 15 is 0 Å². The SMILES string of the molecule is Cc1cccc(C)c1CN1C2CCC1CC(O)(c1ccccc1)C2. The van der Waals surface area contributed by atoms with Crippen molar-refractivity contribution < 1.29 is 5.11 Å². The van der Waals surface area contributed by atoms with Gasteiger partial charge in [-0.3, -0.25) is 4.90 Å². The van der Waals surface area contributed by atoms with E-state index in [1.54, 1.807) is 0 Å². The molecule has 0 spiro atoms. The highest BCUT2D eigenvalue weighted by Gasteiger charge is 2.48. The maximum atomic E-state index is 11.3. The number of hydrogen-bond acceptors (Lipinski definition) is 2. The molecule has 0 saturated carbocycles. The number of nitrogens with zero attached hydrogens (tertiary/aromatic N) is 1. The summed E-state index contributed by atoms with van der Waals surface area (Å²) in [5.41, 5.74) is 4.69. The van der Waals surface area contributed by atoms with Crippen molar-refractivity contribution in [3.8, 4) is 0 Å². The van der Waals surface area contributed by atoms with Crippen LogP contribution in [0.25, 0.3) is 0 Å². The van der Waals surface area contributed by atoms with Crippen molar-refractivity contribution >= 4 is 0 Å². The molecule has 2 aliphatic heterocycles. The van der Waals surface area contributed by atoms with Crippen LogP contribution in [-0.4, -0.2) is 22.1 Å². The summed E-state index contributed by atoms with van der Waals surface area (Å²) in [4.78, 5) is 2.66. The first-order valence-corrected chi connectivity index (χ1v) is 9.15. The third-order valence-electron chi connectivity index (χ3n) is 6.21. The van der Waals surface area contributed by atoms with Gasteiger partial charge in [0.15, 0.2) is 0 Å². The van der Waals surface area contributed by atoms with Crippen molar-refractivity contribution in [2.45, 2.75) is 63.8 Å². The lowest BCUT2D eigenvalue weighted by Crippen LogP contribution is -2.49. The third kappa shape index (κ3) is 2.68. The summed E-state index contributed by atoms with van der Waals surface area (Å²) in [5, 5.41) is 11.3. The zero-order chi connectivity index (χ0) is 16.7. The van der Waals surface area contributed by atoms with Gasteiger partial charge < -0.3 is 5.11 Å². The number of piperidine rings is 1. The Balaban J connectivity index is 1.58. The molecule has 24 heavy (non-hydrogen) atoms. The van der Waals surface area contributed by atoms with Crippen LogP contribution in [0.4, 0.5) is 0 Å². The topological polar surface area (TPSA) is 23.5 Å². The Labute approximate surface area is 145 Å². The molecule has 0 aromatic heterocycles. The van der Waals surface area contributed by atoms with E-state index in [9.17, 15) is 5.11 Å². The fraction of sp³-hybridized carbons (Fsp3) is 0.455. The Kier molecular flexibility index (Phi) is 3.98. The highest BCUT2D eigenvalue weighted by Crippen LogP contribution is 2.46. The first-order chi connectivity index (χ1) is 11.6. The Morgan fingerprint density at radius 2 is 1.50 bits per heavy atom. The standard InChI is InChI=1S/C22H27NO/c1-16-7-6-8-17(2)21(16)15-23-19-11-12-20(23)14-22(24,13-19)18-9-4-3-5-10-18/h3-10,19-20,24H,11-15H2,1-2H3. The van der Waals surface area contributed by atoms with Crippen molar-refractivity contribution in [3.05, 3.63) is 70.8 Å². The van der Waals surface area contributed by atoms with Gasteiger partial charge in [0.25, 0.3) is 0 Å². The largest absolute Gasteiger partial charge is 0.385 e. The van der Waals surface area contributed by atoms with Crippen molar-refractivity contribution in [2.24, 2.45) is 0 Å². The van der Waals surface area contributed by atoms with Crippen molar-refractivity contribution in [1.82, 2.24) is 4.90 Å². The molecule has 2 fully saturated rings. The summed E-state index contributed by atoms with van der Waals surface area (Å²) < 4.78 is 0. The van der Waals surface area contributed by atoms with E-state index in [0.717, 1.165) is 24.9 Å². The minimum Gasteiger partial charge on any atom is -0.385 e. The molecule has 126 valence electrons. The molecule has 0 radical (unpaired) electrons. The molecule has 2 atom stereocenters. The summed E-state index contributed by atoms with van der Waals surface area (Å²) in [6.07, 6.45) is 4.15. The highest BCUT2D eigenvalue weighted by molar-refractivity contribution is 5.34. The zero-order valence-electron chi connectivity index (χ0n) is 14.7. The van der Waals surface area contributed by atoms with Gasteiger partial charge in [-0.2, -0.15) is 0 Å². The van der Waals surface area contributed by atoms with Gasteiger partial charge in [-0.25, -0.2) is 0 Å². The minimum atomic E-state index is -0.648. The zero-order valence-corrected chi connectivity index (χ0v) is 14.7. The quantitative estimate of drug-likeness (QED) is 0.910. The van der Waals surface area contributed by atoms with E-state index in [1.165, 1.54) is 29.5 Å². The minimum absolute atomic E-state index is 0.493. The first kappa shape index (κ1) is 15.9. The molecule has 2 unspecified atom stereocenters. The second-order valence-corrected chi connectivity index (χ2v) is 7.73. The Bertz CT molecular complexity index is 690. The fourth-order valence-electron chi connectivity index (χ4n) is 4.84. The molecule has 2 aromatic carbocycles. The molecule has 0 amide bonds. The molecule has 2 heterocycles. The number of hydrogen-bond donors (Lipinski definition) is 1. The lowest BCUT2D eigenvalue weighted by molar-refractivity contribution is -0.0595. The van der Waals surface area contributed by atoms with Crippen molar-refractivity contribution in [2.75, 3.05) is 0 Å². The molecule has 0 aliphatic carbocycles. The molecule has 2 heteroatoms. The van der Waals surface area contributed by atoms with E-state index in [1.807, 2.05) is 18.2 Å². The van der Waals surface area contributed by atoms with Gasteiger partial charge in [-0.15, -0.1) is 0 Å². The molecular formula is C22H27NO. The van der Waals surface area contributed by atoms with Crippen LogP contribution < -0.4 is 0 Å². The smallest absolute Gasteiger partial charge is 0.0926 e. The van der Waals surface area contributed by atoms with E-state index in [4.69, 9.17) is 0 Å². The summed E-state index contributed by atoms with van der Waals surface area (Å²) in [5.74, 6) is 0. The predicted molar refractivity (Wildman–Crippen MR) is 97.8 cm³/mol. The van der Waals surface area contributed by atoms with Crippen LogP contribution in [0, 0.1) is 13.8 Å². The average molecular weight is 321 g/mol. The maximum absolute atomic E-state index is 11.3. The average Bonchev–Trinajstić information content (AvgIpc) is 2.82. The van der Waals surface area contributed by atoms with Crippen LogP contribution in [-0.2, 0) is 12.1 Å². The second kappa shape index (κ2) is 6.02. The lowest BCUT2D eigenvalue weighted by atomic mass is 9.80. The van der Waals surface area contributed by atoms with Crippen LogP contribution in [0.15, 0.2) is 48.5 Å². The van der Waals surface area contributed by atoms with E-state index in [0.29, 0.717) is 12.1 Å². The number of rotatable bonds is 3. The molecule has 1 N–H and O–H groups in total. The van der Waals surface area contributed by atoms with Gasteiger partial charge in [-0.05, 0) is 61.8 Å². The summed E-state index contributed by atoms with van der Waals surface area (Å²) in [7, 11) is 0. The first-order valence-electron chi connectivity index (χ1n) is 9.15. The number of aryl methyl sites for hydroxylation is 2. The second-order valence-electron chi connectivity index (χ2n) is 7.73. The van der Waals surface area contributed by atoms with Gasteiger partial charge in [0.1, 0.15) is 0 Å². The molecule has 2 bridgehead atoms. The molecule has 2 aromatic rings.